The number of rotatable bonds is 6. The number of hydrogen-bond donors (Lipinski definition) is 1. The van der Waals surface area contributed by atoms with E-state index in [0.717, 1.165) is 0 Å². The molecule has 0 radical (unpaired) electrons. The summed E-state index contributed by atoms with van der Waals surface area (Å²) in [6.45, 7) is 7.43. The summed E-state index contributed by atoms with van der Waals surface area (Å²) < 4.78 is 41.0. The van der Waals surface area contributed by atoms with Crippen LogP contribution in [0, 0.1) is 5.82 Å². The van der Waals surface area contributed by atoms with Gasteiger partial charge in [-0.05, 0) is 19.1 Å². The maximum atomic E-state index is 14.3. The standard InChI is InChI=1S/C13H18BrFN2O2S/c1-4-17(8-9(2)3)20(18,19)12-6-11(14)5-10(7-16)13(12)15/h5-6H,2,4,7-8,16H2,1,3H3. The highest BCUT2D eigenvalue weighted by atomic mass is 79.9. The smallest absolute Gasteiger partial charge is 0.246 e. The van der Waals surface area contributed by atoms with Crippen LogP contribution in [0.5, 0.6) is 0 Å². The predicted octanol–water partition coefficient (Wildman–Crippen LogP) is 2.63. The Hall–Kier alpha value is -0.760. The molecule has 0 aliphatic carbocycles. The number of hydrogen-bond acceptors (Lipinski definition) is 3. The Morgan fingerprint density at radius 1 is 1.50 bits per heavy atom. The molecule has 4 nitrogen and oxygen atoms in total. The summed E-state index contributed by atoms with van der Waals surface area (Å²) in [5.74, 6) is -0.795. The van der Waals surface area contributed by atoms with E-state index in [2.05, 4.69) is 22.5 Å². The average Bonchev–Trinajstić information content (AvgIpc) is 2.37. The molecule has 0 aliphatic rings. The molecule has 0 amide bonds. The first kappa shape index (κ1) is 17.3. The van der Waals surface area contributed by atoms with Gasteiger partial charge in [-0.1, -0.05) is 35.0 Å². The van der Waals surface area contributed by atoms with Gasteiger partial charge in [-0.3, -0.25) is 0 Å². The maximum absolute atomic E-state index is 14.3. The third kappa shape index (κ3) is 3.66. The second-order valence-corrected chi connectivity index (χ2v) is 7.29. The Labute approximate surface area is 127 Å². The van der Waals surface area contributed by atoms with Gasteiger partial charge in [0.05, 0.1) is 0 Å². The zero-order valence-corrected chi connectivity index (χ0v) is 13.9. The molecule has 0 atom stereocenters. The minimum Gasteiger partial charge on any atom is -0.326 e. The van der Waals surface area contributed by atoms with Gasteiger partial charge >= 0.3 is 0 Å². The van der Waals surface area contributed by atoms with Gasteiger partial charge in [0, 0.05) is 29.7 Å². The Balaban J connectivity index is 3.41. The van der Waals surface area contributed by atoms with Gasteiger partial charge in [0.1, 0.15) is 10.7 Å². The summed E-state index contributed by atoms with van der Waals surface area (Å²) in [5.41, 5.74) is 6.28. The van der Waals surface area contributed by atoms with Gasteiger partial charge in [-0.2, -0.15) is 4.31 Å². The number of benzene rings is 1. The Kier molecular flexibility index (Phi) is 5.88. The van der Waals surface area contributed by atoms with Crippen LogP contribution in [0.4, 0.5) is 4.39 Å². The lowest BCUT2D eigenvalue weighted by molar-refractivity contribution is 0.446. The monoisotopic (exact) mass is 364 g/mol. The summed E-state index contributed by atoms with van der Waals surface area (Å²) in [4.78, 5) is -0.365. The number of nitrogens with zero attached hydrogens (tertiary/aromatic N) is 1. The van der Waals surface area contributed by atoms with E-state index < -0.39 is 15.8 Å². The predicted molar refractivity (Wildman–Crippen MR) is 81.2 cm³/mol. The molecule has 0 bridgehead atoms. The summed E-state index contributed by atoms with van der Waals surface area (Å²) in [6, 6.07) is 2.73. The zero-order chi connectivity index (χ0) is 15.5. The van der Waals surface area contributed by atoms with E-state index in [1.807, 2.05) is 0 Å². The lowest BCUT2D eigenvalue weighted by Crippen LogP contribution is -2.33. The van der Waals surface area contributed by atoms with E-state index in [1.54, 1.807) is 13.8 Å². The summed E-state index contributed by atoms with van der Waals surface area (Å²) in [5, 5.41) is 0. The first-order chi connectivity index (χ1) is 9.23. The average molecular weight is 365 g/mol. The fraction of sp³-hybridized carbons (Fsp3) is 0.385. The van der Waals surface area contributed by atoms with Gasteiger partial charge in [0.15, 0.2) is 0 Å². The van der Waals surface area contributed by atoms with Gasteiger partial charge in [0.25, 0.3) is 0 Å². The fourth-order valence-electron chi connectivity index (χ4n) is 1.76. The molecule has 1 aromatic carbocycles. The molecule has 0 saturated heterocycles. The molecule has 0 aromatic heterocycles. The van der Waals surface area contributed by atoms with E-state index in [9.17, 15) is 12.8 Å². The largest absolute Gasteiger partial charge is 0.326 e. The molecule has 20 heavy (non-hydrogen) atoms. The number of halogens is 2. The second-order valence-electron chi connectivity index (χ2n) is 4.47. The molecule has 112 valence electrons. The normalized spacial score (nSPS) is 11.9. The SMILES string of the molecule is C=C(C)CN(CC)S(=O)(=O)c1cc(Br)cc(CN)c1F. The minimum atomic E-state index is -3.92. The molecule has 1 rings (SSSR count). The van der Waals surface area contributed by atoms with Gasteiger partial charge in [0.2, 0.25) is 10.0 Å². The van der Waals surface area contributed by atoms with Crippen molar-refractivity contribution in [2.45, 2.75) is 25.3 Å². The van der Waals surface area contributed by atoms with Crippen LogP contribution in [-0.2, 0) is 16.6 Å². The van der Waals surface area contributed by atoms with E-state index in [1.165, 1.54) is 16.4 Å². The van der Waals surface area contributed by atoms with E-state index in [4.69, 9.17) is 5.73 Å². The molecular formula is C13H18BrFN2O2S. The van der Waals surface area contributed by atoms with Crippen LogP contribution >= 0.6 is 15.9 Å². The van der Waals surface area contributed by atoms with Crippen LogP contribution in [0.3, 0.4) is 0 Å². The third-order valence-corrected chi connectivity index (χ3v) is 5.09. The number of likely N-dealkylation sites (N-methyl/N-ethyl adjacent to an activating group) is 1. The summed E-state index contributed by atoms with van der Waals surface area (Å²) in [7, 11) is -3.92. The van der Waals surface area contributed by atoms with Gasteiger partial charge in [-0.25, -0.2) is 12.8 Å². The van der Waals surface area contributed by atoms with E-state index in [0.29, 0.717) is 10.0 Å². The van der Waals surface area contributed by atoms with Crippen molar-refractivity contribution in [3.8, 4) is 0 Å². The van der Waals surface area contributed by atoms with Gasteiger partial charge in [-0.15, -0.1) is 0 Å². The fourth-order valence-corrected chi connectivity index (χ4v) is 4.06. The molecule has 0 fully saturated rings. The van der Waals surface area contributed by atoms with Crippen LogP contribution in [0.15, 0.2) is 33.7 Å². The Morgan fingerprint density at radius 2 is 2.10 bits per heavy atom. The third-order valence-electron chi connectivity index (χ3n) is 2.72. The lowest BCUT2D eigenvalue weighted by Gasteiger charge is -2.21. The van der Waals surface area contributed by atoms with Crippen LogP contribution in [0.25, 0.3) is 0 Å². The first-order valence-electron chi connectivity index (χ1n) is 6.06. The van der Waals surface area contributed by atoms with Crippen molar-refractivity contribution in [3.05, 3.63) is 40.1 Å². The van der Waals surface area contributed by atoms with Crippen LogP contribution in [0.1, 0.15) is 19.4 Å². The van der Waals surface area contributed by atoms with Crippen molar-refractivity contribution in [1.29, 1.82) is 0 Å². The summed E-state index contributed by atoms with van der Waals surface area (Å²) >= 11 is 3.18. The number of sulfonamides is 1. The topological polar surface area (TPSA) is 63.4 Å². The van der Waals surface area contributed by atoms with Crippen LogP contribution in [0.2, 0.25) is 0 Å². The lowest BCUT2D eigenvalue weighted by atomic mass is 10.2. The molecule has 0 unspecified atom stereocenters. The highest BCUT2D eigenvalue weighted by molar-refractivity contribution is 9.10. The molecule has 7 heteroatoms. The highest BCUT2D eigenvalue weighted by Gasteiger charge is 2.28. The minimum absolute atomic E-state index is 0.0690. The zero-order valence-electron chi connectivity index (χ0n) is 11.5. The quantitative estimate of drug-likeness (QED) is 0.789. The summed E-state index contributed by atoms with van der Waals surface area (Å²) in [6.07, 6.45) is 0. The molecule has 0 aliphatic heterocycles. The van der Waals surface area contributed by atoms with Gasteiger partial charge < -0.3 is 5.73 Å². The molecule has 1 aromatic rings. The van der Waals surface area contributed by atoms with E-state index in [-0.39, 0.29) is 30.1 Å². The molecule has 0 saturated carbocycles. The van der Waals surface area contributed by atoms with Crippen LogP contribution in [-0.4, -0.2) is 25.8 Å². The number of nitrogens with two attached hydrogens (primary N) is 1. The van der Waals surface area contributed by atoms with Crippen LogP contribution < -0.4 is 5.73 Å². The molecule has 0 heterocycles. The van der Waals surface area contributed by atoms with Crippen molar-refractivity contribution in [3.63, 3.8) is 0 Å². The first-order valence-corrected chi connectivity index (χ1v) is 8.29. The van der Waals surface area contributed by atoms with Crippen molar-refractivity contribution in [2.24, 2.45) is 5.73 Å². The molecule has 2 N–H and O–H groups in total. The molecular weight excluding hydrogens is 347 g/mol. The van der Waals surface area contributed by atoms with Crippen molar-refractivity contribution in [1.82, 2.24) is 4.31 Å². The Bertz CT molecular complexity index is 617. The second kappa shape index (κ2) is 6.80. The maximum Gasteiger partial charge on any atom is 0.246 e. The Morgan fingerprint density at radius 3 is 2.55 bits per heavy atom. The van der Waals surface area contributed by atoms with Crippen molar-refractivity contribution < 1.29 is 12.8 Å². The highest BCUT2D eigenvalue weighted by Crippen LogP contribution is 2.26. The van der Waals surface area contributed by atoms with Crippen molar-refractivity contribution in [2.75, 3.05) is 13.1 Å². The molecule has 0 spiro atoms. The van der Waals surface area contributed by atoms with Crippen molar-refractivity contribution >= 4 is 26.0 Å². The van der Waals surface area contributed by atoms with E-state index >= 15 is 0 Å².